The van der Waals surface area contributed by atoms with Crippen LogP contribution in [0.1, 0.15) is 28.4 Å². The summed E-state index contributed by atoms with van der Waals surface area (Å²) in [6.45, 7) is 8.69. The molecule has 100 valence electrons. The van der Waals surface area contributed by atoms with Crippen molar-refractivity contribution in [1.29, 1.82) is 0 Å². The zero-order chi connectivity index (χ0) is 12.4. The van der Waals surface area contributed by atoms with E-state index < -0.39 is 0 Å². The summed E-state index contributed by atoms with van der Waals surface area (Å²) in [6, 6.07) is 6.34. The van der Waals surface area contributed by atoms with Crippen molar-refractivity contribution in [2.75, 3.05) is 19.6 Å². The van der Waals surface area contributed by atoms with E-state index in [0.717, 1.165) is 36.3 Å². The molecule has 18 heavy (non-hydrogen) atoms. The van der Waals surface area contributed by atoms with Crippen LogP contribution in [0.3, 0.4) is 0 Å². The van der Waals surface area contributed by atoms with Gasteiger partial charge in [0.05, 0.1) is 0 Å². The highest BCUT2D eigenvalue weighted by molar-refractivity contribution is 5.96. The topological polar surface area (TPSA) is 32.3 Å². The van der Waals surface area contributed by atoms with Crippen LogP contribution in [0.15, 0.2) is 18.2 Å². The fraction of sp³-hybridized carbons (Fsp3) is 0.500. The van der Waals surface area contributed by atoms with E-state index >= 15 is 0 Å². The Morgan fingerprint density at radius 2 is 2.11 bits per heavy atom. The lowest BCUT2D eigenvalue weighted by Crippen LogP contribution is -2.52. The summed E-state index contributed by atoms with van der Waals surface area (Å²) < 4.78 is 0. The molecule has 1 aliphatic rings. The molecule has 1 aromatic carbocycles. The Balaban J connectivity index is 0.00000162. The van der Waals surface area contributed by atoms with Gasteiger partial charge in [0.1, 0.15) is 0 Å². The van der Waals surface area contributed by atoms with E-state index in [1.165, 1.54) is 0 Å². The predicted molar refractivity (Wildman–Crippen MR) is 76.5 cm³/mol. The van der Waals surface area contributed by atoms with Gasteiger partial charge in [-0.05, 0) is 32.4 Å². The molecule has 0 saturated carbocycles. The van der Waals surface area contributed by atoms with E-state index in [9.17, 15) is 4.79 Å². The molecular formula is C14H21ClN2O. The van der Waals surface area contributed by atoms with Crippen molar-refractivity contribution in [3.63, 3.8) is 0 Å². The van der Waals surface area contributed by atoms with Crippen LogP contribution in [-0.4, -0.2) is 36.5 Å². The van der Waals surface area contributed by atoms with Crippen LogP contribution in [-0.2, 0) is 0 Å². The monoisotopic (exact) mass is 268 g/mol. The Bertz CT molecular complexity index is 434. The van der Waals surface area contributed by atoms with Crippen LogP contribution in [0, 0.1) is 13.8 Å². The molecule has 1 heterocycles. The molecule has 1 atom stereocenters. The minimum absolute atomic E-state index is 0. The molecule has 0 radical (unpaired) electrons. The average Bonchev–Trinajstić information content (AvgIpc) is 2.32. The highest BCUT2D eigenvalue weighted by Crippen LogP contribution is 2.15. The van der Waals surface area contributed by atoms with Gasteiger partial charge in [0.2, 0.25) is 0 Å². The average molecular weight is 269 g/mol. The number of hydrogen-bond donors (Lipinski definition) is 1. The normalized spacial score (nSPS) is 19.3. The highest BCUT2D eigenvalue weighted by atomic mass is 35.5. The molecule has 1 fully saturated rings. The van der Waals surface area contributed by atoms with Gasteiger partial charge < -0.3 is 10.2 Å². The van der Waals surface area contributed by atoms with E-state index in [1.54, 1.807) is 0 Å². The second kappa shape index (κ2) is 6.21. The molecule has 0 bridgehead atoms. The summed E-state index contributed by atoms with van der Waals surface area (Å²) in [7, 11) is 0. The fourth-order valence-corrected chi connectivity index (χ4v) is 2.26. The Hall–Kier alpha value is -1.06. The smallest absolute Gasteiger partial charge is 0.254 e. The van der Waals surface area contributed by atoms with Crippen molar-refractivity contribution in [2.45, 2.75) is 26.8 Å². The van der Waals surface area contributed by atoms with Crippen LogP contribution in [0.2, 0.25) is 0 Å². The number of piperazine rings is 1. The molecular weight excluding hydrogens is 248 g/mol. The minimum Gasteiger partial charge on any atom is -0.333 e. The number of hydrogen-bond acceptors (Lipinski definition) is 2. The van der Waals surface area contributed by atoms with Gasteiger partial charge in [-0.1, -0.05) is 17.7 Å². The number of benzene rings is 1. The molecule has 1 aliphatic heterocycles. The first-order chi connectivity index (χ1) is 8.09. The molecule has 0 spiro atoms. The summed E-state index contributed by atoms with van der Waals surface area (Å²) in [5.74, 6) is 0.167. The van der Waals surface area contributed by atoms with E-state index in [1.807, 2.05) is 36.9 Å². The lowest BCUT2D eigenvalue weighted by atomic mass is 10.0. The van der Waals surface area contributed by atoms with Gasteiger partial charge in [-0.2, -0.15) is 0 Å². The maximum atomic E-state index is 12.5. The fourth-order valence-electron chi connectivity index (χ4n) is 2.26. The summed E-state index contributed by atoms with van der Waals surface area (Å²) in [4.78, 5) is 14.5. The van der Waals surface area contributed by atoms with Gasteiger partial charge >= 0.3 is 0 Å². The predicted octanol–water partition coefficient (Wildman–Crippen LogP) is 2.16. The van der Waals surface area contributed by atoms with Crippen molar-refractivity contribution in [1.82, 2.24) is 10.2 Å². The van der Waals surface area contributed by atoms with Crippen LogP contribution < -0.4 is 5.32 Å². The first-order valence-electron chi connectivity index (χ1n) is 6.18. The largest absolute Gasteiger partial charge is 0.333 e. The molecule has 0 aliphatic carbocycles. The number of carbonyl (C=O) groups excluding carboxylic acids is 1. The number of rotatable bonds is 1. The first-order valence-corrected chi connectivity index (χ1v) is 6.18. The molecule has 1 N–H and O–H groups in total. The first kappa shape index (κ1) is 15.0. The second-order valence-corrected chi connectivity index (χ2v) is 4.87. The van der Waals surface area contributed by atoms with Gasteiger partial charge in [0, 0.05) is 31.2 Å². The van der Waals surface area contributed by atoms with Crippen molar-refractivity contribution in [2.24, 2.45) is 0 Å². The SMILES string of the molecule is Cc1ccc(C)c(C(=O)N2CCNC[C@H]2C)c1.Cl. The Labute approximate surface area is 115 Å². The number of nitrogens with zero attached hydrogens (tertiary/aromatic N) is 1. The summed E-state index contributed by atoms with van der Waals surface area (Å²) >= 11 is 0. The maximum absolute atomic E-state index is 12.5. The lowest BCUT2D eigenvalue weighted by molar-refractivity contribution is 0.0655. The van der Waals surface area contributed by atoms with E-state index in [0.29, 0.717) is 0 Å². The van der Waals surface area contributed by atoms with Crippen molar-refractivity contribution >= 4 is 18.3 Å². The summed E-state index contributed by atoms with van der Waals surface area (Å²) in [6.07, 6.45) is 0. The van der Waals surface area contributed by atoms with Gasteiger partial charge in [-0.25, -0.2) is 0 Å². The lowest BCUT2D eigenvalue weighted by Gasteiger charge is -2.34. The quantitative estimate of drug-likeness (QED) is 0.847. The molecule has 3 nitrogen and oxygen atoms in total. The van der Waals surface area contributed by atoms with E-state index in [2.05, 4.69) is 12.2 Å². The number of nitrogens with one attached hydrogen (secondary N) is 1. The third-order valence-corrected chi connectivity index (χ3v) is 3.39. The second-order valence-electron chi connectivity index (χ2n) is 4.87. The Morgan fingerprint density at radius 3 is 2.78 bits per heavy atom. The van der Waals surface area contributed by atoms with Crippen LogP contribution in [0.25, 0.3) is 0 Å². The highest BCUT2D eigenvalue weighted by Gasteiger charge is 2.24. The van der Waals surface area contributed by atoms with Crippen molar-refractivity contribution < 1.29 is 4.79 Å². The minimum atomic E-state index is 0. The summed E-state index contributed by atoms with van der Waals surface area (Å²) in [5, 5.41) is 3.30. The third kappa shape index (κ3) is 3.03. The molecule has 0 unspecified atom stereocenters. The molecule has 0 aromatic heterocycles. The molecule has 2 rings (SSSR count). The maximum Gasteiger partial charge on any atom is 0.254 e. The van der Waals surface area contributed by atoms with E-state index in [-0.39, 0.29) is 24.4 Å². The van der Waals surface area contributed by atoms with Crippen molar-refractivity contribution in [3.8, 4) is 0 Å². The zero-order valence-corrected chi connectivity index (χ0v) is 12.0. The number of halogens is 1. The van der Waals surface area contributed by atoms with Crippen LogP contribution in [0.4, 0.5) is 0 Å². The molecule has 1 saturated heterocycles. The van der Waals surface area contributed by atoms with Gasteiger partial charge in [-0.3, -0.25) is 4.79 Å². The van der Waals surface area contributed by atoms with Crippen molar-refractivity contribution in [3.05, 3.63) is 34.9 Å². The molecule has 1 aromatic rings. The van der Waals surface area contributed by atoms with Crippen LogP contribution >= 0.6 is 12.4 Å². The summed E-state index contributed by atoms with van der Waals surface area (Å²) in [5.41, 5.74) is 3.05. The third-order valence-electron chi connectivity index (χ3n) is 3.39. The van der Waals surface area contributed by atoms with Gasteiger partial charge in [-0.15, -0.1) is 12.4 Å². The number of amides is 1. The number of carbonyl (C=O) groups is 1. The zero-order valence-electron chi connectivity index (χ0n) is 11.2. The van der Waals surface area contributed by atoms with Crippen LogP contribution in [0.5, 0.6) is 0 Å². The Kier molecular flexibility index (Phi) is 5.17. The number of aryl methyl sites for hydroxylation is 2. The molecule has 4 heteroatoms. The standard InChI is InChI=1S/C14H20N2O.ClH/c1-10-4-5-11(2)13(8-10)14(17)16-7-6-15-9-12(16)3;/h4-5,8,12,15H,6-7,9H2,1-3H3;1H/t12-;/m1./s1. The van der Waals surface area contributed by atoms with E-state index in [4.69, 9.17) is 0 Å². The van der Waals surface area contributed by atoms with Gasteiger partial charge in [0.15, 0.2) is 0 Å². The Morgan fingerprint density at radius 1 is 1.39 bits per heavy atom. The molecule has 1 amide bonds. The van der Waals surface area contributed by atoms with Gasteiger partial charge in [0.25, 0.3) is 5.91 Å².